The van der Waals surface area contributed by atoms with Crippen LogP contribution in [0.5, 0.6) is 0 Å². The zero-order chi connectivity index (χ0) is 32.8. The highest BCUT2D eigenvalue weighted by Gasteiger charge is 2.20. The monoisotopic (exact) mass is 645 g/mol. The molecule has 0 aliphatic rings. The van der Waals surface area contributed by atoms with Gasteiger partial charge in [-0.1, -0.05) is 109 Å². The Kier molecular flexibility index (Phi) is 28.7. The van der Waals surface area contributed by atoms with E-state index >= 15 is 0 Å². The molecule has 0 aromatic rings. The molecule has 9 heteroatoms. The largest absolute Gasteiger partial charge is 0.756 e. The van der Waals surface area contributed by atoms with Gasteiger partial charge in [-0.05, 0) is 44.9 Å². The van der Waals surface area contributed by atoms with Gasteiger partial charge in [-0.3, -0.25) is 9.36 Å². The van der Waals surface area contributed by atoms with Crippen LogP contribution in [0.1, 0.15) is 136 Å². The Hall–Kier alpha value is -1.02. The number of carbonyl (C=O) groups is 1. The number of phosphoric acid groups is 1. The van der Waals surface area contributed by atoms with Gasteiger partial charge < -0.3 is 27.9 Å². The molecule has 260 valence electrons. The molecule has 2 atom stereocenters. The minimum atomic E-state index is -4.49. The SMILES string of the molecule is CCCCC/C=C\C/C=C\CCCCCCCCCCCCOCC(COP(=O)([O-])OCC[N+](C)(C)C)OC(=O)CCCC. The van der Waals surface area contributed by atoms with E-state index in [0.717, 1.165) is 32.1 Å². The number of hydrogen-bond acceptors (Lipinski definition) is 7. The fraction of sp³-hybridized carbons (Fsp3) is 0.857. The number of ether oxygens (including phenoxy) is 2. The molecule has 2 unspecified atom stereocenters. The van der Waals surface area contributed by atoms with Crippen LogP contribution in [0, 0.1) is 0 Å². The van der Waals surface area contributed by atoms with Crippen LogP contribution in [0.15, 0.2) is 24.3 Å². The Balaban J connectivity index is 3.90. The molecule has 0 saturated carbocycles. The first-order valence-electron chi connectivity index (χ1n) is 17.6. The van der Waals surface area contributed by atoms with Crippen molar-refractivity contribution < 1.29 is 37.3 Å². The number of esters is 1. The molecule has 0 saturated heterocycles. The number of rotatable bonds is 32. The summed E-state index contributed by atoms with van der Waals surface area (Å²) in [6, 6.07) is 0. The summed E-state index contributed by atoms with van der Waals surface area (Å²) in [6.07, 6.45) is 30.1. The number of quaternary nitrogens is 1. The van der Waals surface area contributed by atoms with Crippen LogP contribution in [0.4, 0.5) is 0 Å². The summed E-state index contributed by atoms with van der Waals surface area (Å²) in [5, 5.41) is 0. The van der Waals surface area contributed by atoms with E-state index in [4.69, 9.17) is 18.5 Å². The summed E-state index contributed by atoms with van der Waals surface area (Å²) in [5.41, 5.74) is 0. The highest BCUT2D eigenvalue weighted by molar-refractivity contribution is 7.45. The Morgan fingerprint density at radius 3 is 1.82 bits per heavy atom. The number of unbranched alkanes of at least 4 members (excludes halogenated alkanes) is 14. The fourth-order valence-electron chi connectivity index (χ4n) is 4.43. The lowest BCUT2D eigenvalue weighted by atomic mass is 10.1. The Bertz CT molecular complexity index is 767. The standard InChI is InChI=1S/C35H68NO7P/c1-6-8-10-11-12-13-14-15-16-17-18-19-20-21-22-23-24-25-26-27-30-40-32-34(43-35(37)28-9-7-2)33-42-44(38,39)41-31-29-36(3,4)5/h12-13,15-16,34H,6-11,14,17-33H2,1-5H3/b13-12-,16-15-. The summed E-state index contributed by atoms with van der Waals surface area (Å²) < 4.78 is 33.9. The molecule has 0 heterocycles. The number of carbonyl (C=O) groups excluding carboxylic acids is 1. The zero-order valence-electron chi connectivity index (χ0n) is 29.1. The third-order valence-corrected chi connectivity index (χ3v) is 8.22. The van der Waals surface area contributed by atoms with Gasteiger partial charge in [0.15, 0.2) is 0 Å². The van der Waals surface area contributed by atoms with Crippen LogP contribution in [0.25, 0.3) is 0 Å². The van der Waals surface area contributed by atoms with Crippen LogP contribution >= 0.6 is 7.82 Å². The molecular weight excluding hydrogens is 577 g/mol. The van der Waals surface area contributed by atoms with E-state index in [1.165, 1.54) is 83.5 Å². The first-order chi connectivity index (χ1) is 21.1. The average Bonchev–Trinajstić information content (AvgIpc) is 2.96. The van der Waals surface area contributed by atoms with Crippen LogP contribution in [-0.2, 0) is 27.9 Å². The van der Waals surface area contributed by atoms with Gasteiger partial charge in [0.2, 0.25) is 0 Å². The number of allylic oxidation sites excluding steroid dienone is 4. The van der Waals surface area contributed by atoms with Crippen molar-refractivity contribution in [2.75, 3.05) is 54.1 Å². The highest BCUT2D eigenvalue weighted by atomic mass is 31.2. The smallest absolute Gasteiger partial charge is 0.306 e. The minimum Gasteiger partial charge on any atom is -0.756 e. The second kappa shape index (κ2) is 29.4. The van der Waals surface area contributed by atoms with Crippen LogP contribution in [-0.4, -0.2) is 70.7 Å². The van der Waals surface area contributed by atoms with Crippen molar-refractivity contribution in [2.45, 2.75) is 142 Å². The van der Waals surface area contributed by atoms with Crippen molar-refractivity contribution in [3.63, 3.8) is 0 Å². The van der Waals surface area contributed by atoms with Crippen molar-refractivity contribution in [3.05, 3.63) is 24.3 Å². The number of hydrogen-bond donors (Lipinski definition) is 0. The predicted octanol–water partition coefficient (Wildman–Crippen LogP) is 8.69. The molecule has 0 fully saturated rings. The van der Waals surface area contributed by atoms with E-state index in [1.807, 2.05) is 28.1 Å². The Morgan fingerprint density at radius 2 is 1.25 bits per heavy atom. The van der Waals surface area contributed by atoms with E-state index in [0.29, 0.717) is 17.6 Å². The van der Waals surface area contributed by atoms with Crippen LogP contribution in [0.2, 0.25) is 0 Å². The maximum atomic E-state index is 12.1. The number of nitrogens with zero attached hydrogens (tertiary/aromatic N) is 1. The van der Waals surface area contributed by atoms with Crippen LogP contribution < -0.4 is 4.89 Å². The topological polar surface area (TPSA) is 94.1 Å². The molecule has 8 nitrogen and oxygen atoms in total. The molecule has 0 radical (unpaired) electrons. The summed E-state index contributed by atoms with van der Waals surface area (Å²) >= 11 is 0. The van der Waals surface area contributed by atoms with Gasteiger partial charge in [0.05, 0.1) is 34.4 Å². The van der Waals surface area contributed by atoms with Crippen molar-refractivity contribution in [1.82, 2.24) is 0 Å². The first-order valence-corrected chi connectivity index (χ1v) is 19.0. The van der Waals surface area contributed by atoms with E-state index in [9.17, 15) is 14.3 Å². The summed E-state index contributed by atoms with van der Waals surface area (Å²) in [7, 11) is 1.35. The molecule has 44 heavy (non-hydrogen) atoms. The summed E-state index contributed by atoms with van der Waals surface area (Å²) in [6.45, 7) is 5.12. The second-order valence-corrected chi connectivity index (χ2v) is 14.3. The van der Waals surface area contributed by atoms with E-state index in [1.54, 1.807) is 0 Å². The third kappa shape index (κ3) is 32.4. The van der Waals surface area contributed by atoms with E-state index in [2.05, 4.69) is 31.2 Å². The van der Waals surface area contributed by atoms with Crippen molar-refractivity contribution in [3.8, 4) is 0 Å². The van der Waals surface area contributed by atoms with Crippen molar-refractivity contribution >= 4 is 13.8 Å². The minimum absolute atomic E-state index is 0.0251. The van der Waals surface area contributed by atoms with Gasteiger partial charge in [-0.15, -0.1) is 0 Å². The lowest BCUT2D eigenvalue weighted by Crippen LogP contribution is -2.37. The van der Waals surface area contributed by atoms with Gasteiger partial charge in [-0.2, -0.15) is 0 Å². The molecule has 0 aromatic heterocycles. The van der Waals surface area contributed by atoms with Gasteiger partial charge in [-0.25, -0.2) is 0 Å². The fourth-order valence-corrected chi connectivity index (χ4v) is 5.16. The zero-order valence-corrected chi connectivity index (χ0v) is 30.0. The maximum absolute atomic E-state index is 12.1. The van der Waals surface area contributed by atoms with Crippen LogP contribution in [0.3, 0.4) is 0 Å². The predicted molar refractivity (Wildman–Crippen MR) is 180 cm³/mol. The summed E-state index contributed by atoms with van der Waals surface area (Å²) in [5.74, 6) is -0.371. The lowest BCUT2D eigenvalue weighted by molar-refractivity contribution is -0.870. The molecular formula is C35H68NO7P. The van der Waals surface area contributed by atoms with Gasteiger partial charge >= 0.3 is 5.97 Å². The van der Waals surface area contributed by atoms with Gasteiger partial charge in [0, 0.05) is 13.0 Å². The Morgan fingerprint density at radius 1 is 0.705 bits per heavy atom. The quantitative estimate of drug-likeness (QED) is 0.0238. The second-order valence-electron chi connectivity index (χ2n) is 12.9. The highest BCUT2D eigenvalue weighted by Crippen LogP contribution is 2.38. The van der Waals surface area contributed by atoms with Crippen molar-refractivity contribution in [2.24, 2.45) is 0 Å². The van der Waals surface area contributed by atoms with Gasteiger partial charge in [0.1, 0.15) is 19.3 Å². The average molecular weight is 646 g/mol. The molecule has 0 aliphatic carbocycles. The molecule has 0 N–H and O–H groups in total. The van der Waals surface area contributed by atoms with Crippen molar-refractivity contribution in [1.29, 1.82) is 0 Å². The normalized spacial score (nSPS) is 14.4. The molecule has 0 spiro atoms. The van der Waals surface area contributed by atoms with E-state index in [-0.39, 0.29) is 32.2 Å². The summed E-state index contributed by atoms with van der Waals surface area (Å²) in [4.78, 5) is 24.3. The van der Waals surface area contributed by atoms with Gasteiger partial charge in [0.25, 0.3) is 7.82 Å². The molecule has 0 rings (SSSR count). The molecule has 0 bridgehead atoms. The first kappa shape index (κ1) is 43.0. The molecule has 0 aliphatic heterocycles. The molecule has 0 aromatic carbocycles. The number of phosphoric ester groups is 1. The molecule has 0 amide bonds. The number of likely N-dealkylation sites (N-methyl/N-ethyl adjacent to an activating group) is 1. The van der Waals surface area contributed by atoms with E-state index < -0.39 is 13.9 Å². The lowest BCUT2D eigenvalue weighted by Gasteiger charge is -2.28. The maximum Gasteiger partial charge on any atom is 0.306 e. The Labute approximate surface area is 271 Å². The third-order valence-electron chi connectivity index (χ3n) is 7.26.